The summed E-state index contributed by atoms with van der Waals surface area (Å²) in [6, 6.07) is 4.05. The summed E-state index contributed by atoms with van der Waals surface area (Å²) in [4.78, 5) is 4.19. The number of rotatable bonds is 2. The molecule has 0 radical (unpaired) electrons. The lowest BCUT2D eigenvalue weighted by molar-refractivity contribution is 0.396. The first kappa shape index (κ1) is 11.3. The van der Waals surface area contributed by atoms with Crippen molar-refractivity contribution >= 4 is 11.8 Å². The van der Waals surface area contributed by atoms with E-state index in [1.165, 1.54) is 24.2 Å². The first-order valence-corrected chi connectivity index (χ1v) is 6.52. The summed E-state index contributed by atoms with van der Waals surface area (Å²) < 4.78 is 5.04. The molecule has 1 atom stereocenters. The Hall–Kier alpha value is -1.21. The van der Waals surface area contributed by atoms with Gasteiger partial charge in [0.15, 0.2) is 0 Å². The van der Waals surface area contributed by atoms with E-state index in [2.05, 4.69) is 11.1 Å². The second-order valence-corrected chi connectivity index (χ2v) is 5.00. The van der Waals surface area contributed by atoms with Crippen LogP contribution in [-0.2, 0) is 0 Å². The van der Waals surface area contributed by atoms with Gasteiger partial charge in [-0.1, -0.05) is 0 Å². The fourth-order valence-corrected chi connectivity index (χ4v) is 3.12. The molecule has 1 unspecified atom stereocenters. The smallest absolute Gasteiger partial charge is 0.231 e. The van der Waals surface area contributed by atoms with Crippen LogP contribution in [0.3, 0.4) is 0 Å². The Labute approximate surface area is 99.8 Å². The monoisotopic (exact) mass is 234 g/mol. The van der Waals surface area contributed by atoms with Gasteiger partial charge in [-0.25, -0.2) is 4.98 Å². The summed E-state index contributed by atoms with van der Waals surface area (Å²) in [5, 5.41) is 9.00. The zero-order chi connectivity index (χ0) is 11.4. The lowest BCUT2D eigenvalue weighted by Crippen LogP contribution is -2.09. The van der Waals surface area contributed by atoms with E-state index in [0.29, 0.717) is 17.4 Å². The van der Waals surface area contributed by atoms with E-state index in [9.17, 15) is 0 Å². The number of ether oxygens (including phenoxy) is 1. The molecule has 0 amide bonds. The molecule has 0 spiro atoms. The van der Waals surface area contributed by atoms with Crippen LogP contribution in [0.1, 0.15) is 29.9 Å². The predicted molar refractivity (Wildman–Crippen MR) is 64.8 cm³/mol. The molecule has 1 aliphatic rings. The molecule has 1 saturated heterocycles. The highest BCUT2D eigenvalue weighted by Crippen LogP contribution is 2.32. The van der Waals surface area contributed by atoms with Crippen molar-refractivity contribution in [3.05, 3.63) is 23.4 Å². The van der Waals surface area contributed by atoms with E-state index in [-0.39, 0.29) is 0 Å². The fraction of sp³-hybridized carbons (Fsp3) is 0.500. The summed E-state index contributed by atoms with van der Waals surface area (Å²) >= 11 is 1.98. The summed E-state index contributed by atoms with van der Waals surface area (Å²) in [5.74, 6) is 3.36. The Bertz CT molecular complexity index is 408. The molecule has 3 nitrogen and oxygen atoms in total. The van der Waals surface area contributed by atoms with Gasteiger partial charge in [0.05, 0.1) is 7.11 Å². The van der Waals surface area contributed by atoms with Crippen LogP contribution < -0.4 is 4.74 Å². The van der Waals surface area contributed by atoms with Crippen LogP contribution in [-0.4, -0.2) is 23.6 Å². The highest BCUT2D eigenvalue weighted by molar-refractivity contribution is 7.99. The van der Waals surface area contributed by atoms with Crippen molar-refractivity contribution in [3.8, 4) is 11.9 Å². The molecular weight excluding hydrogens is 220 g/mol. The highest BCUT2D eigenvalue weighted by atomic mass is 32.2. The number of thioether (sulfide) groups is 1. The molecule has 2 heterocycles. The number of pyridine rings is 1. The second-order valence-electron chi connectivity index (χ2n) is 3.85. The lowest BCUT2D eigenvalue weighted by atomic mass is 9.96. The Kier molecular flexibility index (Phi) is 3.68. The third-order valence-electron chi connectivity index (χ3n) is 2.82. The van der Waals surface area contributed by atoms with E-state index >= 15 is 0 Å². The minimum absolute atomic E-state index is 0.426. The Balaban J connectivity index is 2.25. The third-order valence-corrected chi connectivity index (χ3v) is 4.03. The highest BCUT2D eigenvalue weighted by Gasteiger charge is 2.17. The molecule has 84 valence electrons. The van der Waals surface area contributed by atoms with Gasteiger partial charge in [-0.15, -0.1) is 0 Å². The van der Waals surface area contributed by atoms with Gasteiger partial charge in [0.25, 0.3) is 0 Å². The number of aromatic nitrogens is 1. The summed E-state index contributed by atoms with van der Waals surface area (Å²) in [6.45, 7) is 0. The van der Waals surface area contributed by atoms with Crippen LogP contribution in [0.5, 0.6) is 5.88 Å². The van der Waals surface area contributed by atoms with Crippen molar-refractivity contribution in [2.45, 2.75) is 18.8 Å². The first-order valence-electron chi connectivity index (χ1n) is 5.37. The lowest BCUT2D eigenvalue weighted by Gasteiger charge is -2.21. The average Bonchev–Trinajstić information content (AvgIpc) is 2.39. The zero-order valence-electron chi connectivity index (χ0n) is 9.27. The summed E-state index contributed by atoms with van der Waals surface area (Å²) in [6.07, 6.45) is 4.30. The summed E-state index contributed by atoms with van der Waals surface area (Å²) in [5.41, 5.74) is 1.71. The van der Waals surface area contributed by atoms with Crippen molar-refractivity contribution < 1.29 is 4.74 Å². The van der Waals surface area contributed by atoms with Crippen LogP contribution in [0.2, 0.25) is 0 Å². The number of methoxy groups -OCH3 is 1. The topological polar surface area (TPSA) is 45.9 Å². The quantitative estimate of drug-likeness (QED) is 0.789. The predicted octanol–water partition coefficient (Wildman–Crippen LogP) is 2.57. The van der Waals surface area contributed by atoms with Gasteiger partial charge < -0.3 is 4.74 Å². The molecular formula is C12H14N2OS. The average molecular weight is 234 g/mol. The minimum Gasteiger partial charge on any atom is -0.480 e. The van der Waals surface area contributed by atoms with Crippen LogP contribution in [0.25, 0.3) is 0 Å². The van der Waals surface area contributed by atoms with Crippen molar-refractivity contribution in [2.24, 2.45) is 0 Å². The van der Waals surface area contributed by atoms with E-state index in [1.807, 2.05) is 24.0 Å². The number of nitriles is 1. The largest absolute Gasteiger partial charge is 0.480 e. The van der Waals surface area contributed by atoms with Crippen LogP contribution >= 0.6 is 11.8 Å². The second kappa shape index (κ2) is 5.22. The van der Waals surface area contributed by atoms with Gasteiger partial charge >= 0.3 is 0 Å². The Morgan fingerprint density at radius 1 is 1.62 bits per heavy atom. The maximum absolute atomic E-state index is 9.00. The van der Waals surface area contributed by atoms with E-state index < -0.39 is 0 Å². The SMILES string of the molecule is COc1ncc(C2CCCSC2)cc1C#N. The standard InChI is InChI=1S/C12H14N2OS/c1-15-12-10(6-13)5-11(7-14-12)9-3-2-4-16-8-9/h5,7,9H,2-4,8H2,1H3. The van der Waals surface area contributed by atoms with Crippen LogP contribution in [0.15, 0.2) is 12.3 Å². The molecule has 0 aliphatic carbocycles. The third kappa shape index (κ3) is 2.30. The van der Waals surface area contributed by atoms with Crippen molar-refractivity contribution in [1.82, 2.24) is 4.98 Å². The van der Waals surface area contributed by atoms with Crippen LogP contribution in [0.4, 0.5) is 0 Å². The van der Waals surface area contributed by atoms with Gasteiger partial charge in [-0.05, 0) is 36.1 Å². The van der Waals surface area contributed by atoms with Crippen LogP contribution in [0, 0.1) is 11.3 Å². The molecule has 2 rings (SSSR count). The fourth-order valence-electron chi connectivity index (χ4n) is 1.94. The van der Waals surface area contributed by atoms with Gasteiger partial charge in [0, 0.05) is 11.9 Å². The zero-order valence-corrected chi connectivity index (χ0v) is 10.1. The number of hydrogen-bond donors (Lipinski definition) is 0. The van der Waals surface area contributed by atoms with E-state index in [4.69, 9.17) is 10.00 Å². The molecule has 0 aromatic carbocycles. The molecule has 16 heavy (non-hydrogen) atoms. The maximum atomic E-state index is 9.00. The normalized spacial score (nSPS) is 20.1. The molecule has 4 heteroatoms. The van der Waals surface area contributed by atoms with Gasteiger partial charge in [0.1, 0.15) is 11.6 Å². The van der Waals surface area contributed by atoms with Crippen molar-refractivity contribution in [2.75, 3.05) is 18.6 Å². The van der Waals surface area contributed by atoms with Crippen molar-refractivity contribution in [1.29, 1.82) is 5.26 Å². The molecule has 1 aliphatic heterocycles. The molecule has 1 aromatic heterocycles. The Morgan fingerprint density at radius 2 is 2.50 bits per heavy atom. The van der Waals surface area contributed by atoms with E-state index in [0.717, 1.165) is 5.75 Å². The molecule has 0 bridgehead atoms. The first-order chi connectivity index (χ1) is 7.85. The van der Waals surface area contributed by atoms with Gasteiger partial charge in [-0.3, -0.25) is 0 Å². The number of hydrogen-bond acceptors (Lipinski definition) is 4. The molecule has 0 saturated carbocycles. The Morgan fingerprint density at radius 3 is 3.12 bits per heavy atom. The molecule has 1 aromatic rings. The van der Waals surface area contributed by atoms with Crippen molar-refractivity contribution in [3.63, 3.8) is 0 Å². The van der Waals surface area contributed by atoms with E-state index in [1.54, 1.807) is 7.11 Å². The van der Waals surface area contributed by atoms with Gasteiger partial charge in [-0.2, -0.15) is 17.0 Å². The molecule has 1 fully saturated rings. The van der Waals surface area contributed by atoms with Gasteiger partial charge in [0.2, 0.25) is 5.88 Å². The molecule has 0 N–H and O–H groups in total. The number of nitrogens with zero attached hydrogens (tertiary/aromatic N) is 2. The minimum atomic E-state index is 0.426. The summed E-state index contributed by atoms with van der Waals surface area (Å²) in [7, 11) is 1.54. The maximum Gasteiger partial charge on any atom is 0.231 e.